The van der Waals surface area contributed by atoms with Gasteiger partial charge in [-0.3, -0.25) is 4.90 Å². The summed E-state index contributed by atoms with van der Waals surface area (Å²) in [7, 11) is 0. The number of hydrogen-bond donors (Lipinski definition) is 2. The van der Waals surface area contributed by atoms with E-state index in [0.29, 0.717) is 19.6 Å². The van der Waals surface area contributed by atoms with Crippen molar-refractivity contribution in [3.63, 3.8) is 0 Å². The second kappa shape index (κ2) is 5.85. The van der Waals surface area contributed by atoms with Gasteiger partial charge < -0.3 is 10.6 Å². The number of hydrogen-bond acceptors (Lipinski definition) is 4. The first kappa shape index (κ1) is 13.5. The van der Waals surface area contributed by atoms with Crippen LogP contribution in [0.25, 0.3) is 0 Å². The van der Waals surface area contributed by atoms with Crippen LogP contribution < -0.4 is 15.5 Å². The van der Waals surface area contributed by atoms with Crippen LogP contribution in [0.2, 0.25) is 0 Å². The van der Waals surface area contributed by atoms with Gasteiger partial charge in [-0.1, -0.05) is 0 Å². The Balaban J connectivity index is 1.62. The summed E-state index contributed by atoms with van der Waals surface area (Å²) in [4.78, 5) is 15.1. The van der Waals surface area contributed by atoms with Crippen LogP contribution in [-0.4, -0.2) is 19.1 Å². The van der Waals surface area contributed by atoms with Crippen molar-refractivity contribution in [2.24, 2.45) is 0 Å². The molecule has 2 N–H and O–H groups in total. The Hall–Kier alpha value is -2.52. The third-order valence-corrected chi connectivity index (χ3v) is 4.26. The number of benzene rings is 1. The molecule has 2 heterocycles. The molecule has 0 atom stereocenters. The molecule has 2 amide bonds. The van der Waals surface area contributed by atoms with E-state index in [4.69, 9.17) is 5.26 Å². The predicted octanol–water partition coefficient (Wildman–Crippen LogP) is 2.76. The highest BCUT2D eigenvalue weighted by atomic mass is 32.1. The minimum absolute atomic E-state index is 0.0432. The van der Waals surface area contributed by atoms with E-state index in [0.717, 1.165) is 21.1 Å². The van der Waals surface area contributed by atoms with Crippen LogP contribution in [0.1, 0.15) is 9.75 Å². The molecule has 5 nitrogen and oxygen atoms in total. The van der Waals surface area contributed by atoms with E-state index in [1.165, 1.54) is 11.3 Å². The topological polar surface area (TPSA) is 68.2 Å². The van der Waals surface area contributed by atoms with Crippen molar-refractivity contribution in [1.82, 2.24) is 5.32 Å². The third-order valence-electron chi connectivity index (χ3n) is 3.27. The smallest absolute Gasteiger partial charge is 0.321 e. The van der Waals surface area contributed by atoms with Crippen molar-refractivity contribution in [2.75, 3.05) is 23.3 Å². The molecule has 1 aromatic heterocycles. The van der Waals surface area contributed by atoms with Gasteiger partial charge in [0.1, 0.15) is 10.9 Å². The summed E-state index contributed by atoms with van der Waals surface area (Å²) >= 11 is 1.49. The van der Waals surface area contributed by atoms with Crippen molar-refractivity contribution in [2.45, 2.75) is 6.54 Å². The Morgan fingerprint density at radius 2 is 2.10 bits per heavy atom. The molecule has 2 aromatic rings. The molecule has 1 aromatic carbocycles. The fraction of sp³-hybridized carbons (Fsp3) is 0.200. The van der Waals surface area contributed by atoms with E-state index in [-0.39, 0.29) is 6.03 Å². The van der Waals surface area contributed by atoms with Gasteiger partial charge in [-0.25, -0.2) is 4.79 Å². The van der Waals surface area contributed by atoms with Gasteiger partial charge in [0.05, 0.1) is 0 Å². The lowest BCUT2D eigenvalue weighted by molar-refractivity contribution is 0.252. The molecule has 0 radical (unpaired) electrons. The Morgan fingerprint density at radius 1 is 1.29 bits per heavy atom. The molecule has 1 fully saturated rings. The molecule has 1 aliphatic rings. The van der Waals surface area contributed by atoms with Gasteiger partial charge >= 0.3 is 6.03 Å². The quantitative estimate of drug-likeness (QED) is 0.912. The normalized spacial score (nSPS) is 13.9. The number of amides is 2. The monoisotopic (exact) mass is 298 g/mol. The SMILES string of the molecule is N#Cc1ccc(CNc2ccc(N3CCNC3=O)cc2)s1. The van der Waals surface area contributed by atoms with Gasteiger partial charge in [-0.15, -0.1) is 11.3 Å². The first-order valence-electron chi connectivity index (χ1n) is 6.64. The van der Waals surface area contributed by atoms with Gasteiger partial charge in [0, 0.05) is 35.9 Å². The number of rotatable bonds is 4. The van der Waals surface area contributed by atoms with Crippen molar-refractivity contribution in [1.29, 1.82) is 5.26 Å². The van der Waals surface area contributed by atoms with E-state index < -0.39 is 0 Å². The van der Waals surface area contributed by atoms with E-state index in [2.05, 4.69) is 16.7 Å². The maximum absolute atomic E-state index is 11.6. The Labute approximate surface area is 126 Å². The van der Waals surface area contributed by atoms with Crippen LogP contribution in [0.4, 0.5) is 16.2 Å². The molecule has 1 aliphatic heterocycles. The zero-order chi connectivity index (χ0) is 14.7. The largest absolute Gasteiger partial charge is 0.380 e. The summed E-state index contributed by atoms with van der Waals surface area (Å²) in [5, 5.41) is 14.9. The number of nitrogens with one attached hydrogen (secondary N) is 2. The molecule has 0 saturated carbocycles. The zero-order valence-electron chi connectivity index (χ0n) is 11.3. The van der Waals surface area contributed by atoms with Crippen LogP contribution in [0, 0.1) is 11.3 Å². The number of carbonyl (C=O) groups is 1. The fourth-order valence-electron chi connectivity index (χ4n) is 2.20. The maximum Gasteiger partial charge on any atom is 0.321 e. The second-order valence-corrected chi connectivity index (χ2v) is 5.83. The molecule has 1 saturated heterocycles. The minimum atomic E-state index is -0.0432. The average Bonchev–Trinajstić information content (AvgIpc) is 3.14. The van der Waals surface area contributed by atoms with E-state index in [1.807, 2.05) is 36.4 Å². The first-order chi connectivity index (χ1) is 10.3. The van der Waals surface area contributed by atoms with Crippen LogP contribution in [0.5, 0.6) is 0 Å². The molecule has 0 unspecified atom stereocenters. The average molecular weight is 298 g/mol. The van der Waals surface area contributed by atoms with Crippen LogP contribution >= 0.6 is 11.3 Å². The minimum Gasteiger partial charge on any atom is -0.380 e. The van der Waals surface area contributed by atoms with Gasteiger partial charge in [-0.2, -0.15) is 5.26 Å². The van der Waals surface area contributed by atoms with Gasteiger partial charge in [0.2, 0.25) is 0 Å². The molecule has 0 aliphatic carbocycles. The van der Waals surface area contributed by atoms with Crippen LogP contribution in [0.15, 0.2) is 36.4 Å². The lowest BCUT2D eigenvalue weighted by Crippen LogP contribution is -2.27. The first-order valence-corrected chi connectivity index (χ1v) is 7.46. The molecule has 3 rings (SSSR count). The van der Waals surface area contributed by atoms with E-state index >= 15 is 0 Å². The lowest BCUT2D eigenvalue weighted by atomic mass is 10.2. The second-order valence-electron chi connectivity index (χ2n) is 4.66. The molecule has 0 bridgehead atoms. The summed E-state index contributed by atoms with van der Waals surface area (Å²) in [5.74, 6) is 0. The van der Waals surface area contributed by atoms with Gasteiger partial charge in [-0.05, 0) is 36.4 Å². The predicted molar refractivity (Wildman–Crippen MR) is 83.5 cm³/mol. The fourth-order valence-corrected chi connectivity index (χ4v) is 2.94. The summed E-state index contributed by atoms with van der Waals surface area (Å²) in [5.41, 5.74) is 1.89. The van der Waals surface area contributed by atoms with Gasteiger partial charge in [0.25, 0.3) is 0 Å². The number of anilines is 2. The highest BCUT2D eigenvalue weighted by Gasteiger charge is 2.20. The highest BCUT2D eigenvalue weighted by Crippen LogP contribution is 2.21. The van der Waals surface area contributed by atoms with Crippen molar-refractivity contribution >= 4 is 28.7 Å². The Kier molecular flexibility index (Phi) is 3.75. The molecular weight excluding hydrogens is 284 g/mol. The number of nitrogens with zero attached hydrogens (tertiary/aromatic N) is 2. The van der Waals surface area contributed by atoms with Crippen molar-refractivity contribution in [3.8, 4) is 6.07 Å². The standard InChI is InChI=1S/C15H14N4OS/c16-9-13-5-6-14(21-13)10-18-11-1-3-12(4-2-11)19-8-7-17-15(19)20/h1-6,18H,7-8,10H2,(H,17,20). The van der Waals surface area contributed by atoms with Crippen LogP contribution in [0.3, 0.4) is 0 Å². The van der Waals surface area contributed by atoms with Crippen LogP contribution in [-0.2, 0) is 6.54 Å². The lowest BCUT2D eigenvalue weighted by Gasteiger charge is -2.14. The number of carbonyl (C=O) groups excluding carboxylic acids is 1. The van der Waals surface area contributed by atoms with Gasteiger partial charge in [0.15, 0.2) is 0 Å². The Morgan fingerprint density at radius 3 is 2.71 bits per heavy atom. The van der Waals surface area contributed by atoms with E-state index in [9.17, 15) is 4.79 Å². The highest BCUT2D eigenvalue weighted by molar-refractivity contribution is 7.12. The summed E-state index contributed by atoms with van der Waals surface area (Å²) in [6.07, 6.45) is 0. The summed E-state index contributed by atoms with van der Waals surface area (Å²) in [6, 6.07) is 13.7. The molecule has 6 heteroatoms. The van der Waals surface area contributed by atoms with E-state index in [1.54, 1.807) is 4.90 Å². The molecule has 21 heavy (non-hydrogen) atoms. The molecule has 106 valence electrons. The van der Waals surface area contributed by atoms with Crippen molar-refractivity contribution < 1.29 is 4.79 Å². The zero-order valence-corrected chi connectivity index (χ0v) is 12.1. The molecule has 0 spiro atoms. The van der Waals surface area contributed by atoms with Crippen molar-refractivity contribution in [3.05, 3.63) is 46.2 Å². The summed E-state index contributed by atoms with van der Waals surface area (Å²) in [6.45, 7) is 2.09. The maximum atomic E-state index is 11.6. The molecular formula is C15H14N4OS. The summed E-state index contributed by atoms with van der Waals surface area (Å²) < 4.78 is 0. The third kappa shape index (κ3) is 2.98. The number of urea groups is 1. The number of thiophene rings is 1. The number of nitriles is 1. The Bertz CT molecular complexity index is 686.